The van der Waals surface area contributed by atoms with Gasteiger partial charge in [0.05, 0.1) is 10.7 Å². The average molecular weight is 370 g/mol. The number of aromatic amines is 1. The molecule has 0 saturated heterocycles. The number of nitrogens with one attached hydrogen (secondary N) is 1. The Labute approximate surface area is 155 Å². The number of nitrogens with zero attached hydrogens (tertiary/aromatic N) is 2. The first-order chi connectivity index (χ1) is 12.6. The van der Waals surface area contributed by atoms with Gasteiger partial charge in [-0.3, -0.25) is 9.69 Å². The normalized spacial score (nSPS) is 14.2. The van der Waals surface area contributed by atoms with E-state index in [1.54, 1.807) is 18.2 Å². The Morgan fingerprint density at radius 3 is 2.77 bits per heavy atom. The number of H-pyrrole nitrogens is 1. The Kier molecular flexibility index (Phi) is 4.57. The van der Waals surface area contributed by atoms with Gasteiger partial charge in [0.1, 0.15) is 11.6 Å². The van der Waals surface area contributed by atoms with Crippen LogP contribution < -0.4 is 5.56 Å². The fourth-order valence-electron chi connectivity index (χ4n) is 3.27. The molecular formula is C20H17ClFN3O. The van der Waals surface area contributed by atoms with E-state index in [4.69, 9.17) is 11.6 Å². The van der Waals surface area contributed by atoms with Crippen molar-refractivity contribution in [2.45, 2.75) is 19.5 Å². The Hall–Kier alpha value is -2.50. The summed E-state index contributed by atoms with van der Waals surface area (Å²) in [6.07, 6.45) is 0.592. The molecule has 0 unspecified atom stereocenters. The minimum atomic E-state index is -0.385. The molecule has 0 spiro atoms. The first kappa shape index (κ1) is 16.9. The molecule has 2 aromatic carbocycles. The molecule has 4 rings (SSSR count). The van der Waals surface area contributed by atoms with Crippen LogP contribution in [0.1, 0.15) is 16.8 Å². The van der Waals surface area contributed by atoms with E-state index in [2.05, 4.69) is 14.9 Å². The zero-order chi connectivity index (χ0) is 18.1. The quantitative estimate of drug-likeness (QED) is 0.764. The molecule has 1 aliphatic heterocycles. The highest BCUT2D eigenvalue weighted by Crippen LogP contribution is 2.23. The summed E-state index contributed by atoms with van der Waals surface area (Å²) >= 11 is 5.87. The fourth-order valence-corrected chi connectivity index (χ4v) is 3.47. The minimum Gasteiger partial charge on any atom is -0.306 e. The predicted molar refractivity (Wildman–Crippen MR) is 99.5 cm³/mol. The summed E-state index contributed by atoms with van der Waals surface area (Å²) in [5.41, 5.74) is 2.79. The molecule has 0 atom stereocenters. The van der Waals surface area contributed by atoms with Crippen molar-refractivity contribution in [1.29, 1.82) is 0 Å². The van der Waals surface area contributed by atoms with Gasteiger partial charge in [0.2, 0.25) is 0 Å². The molecule has 26 heavy (non-hydrogen) atoms. The van der Waals surface area contributed by atoms with Gasteiger partial charge in [0, 0.05) is 36.3 Å². The maximum absolute atomic E-state index is 14.2. The van der Waals surface area contributed by atoms with Gasteiger partial charge in [-0.25, -0.2) is 9.37 Å². The second-order valence-electron chi connectivity index (χ2n) is 6.38. The van der Waals surface area contributed by atoms with E-state index in [0.717, 1.165) is 11.3 Å². The maximum atomic E-state index is 14.2. The van der Waals surface area contributed by atoms with Crippen molar-refractivity contribution in [3.05, 3.63) is 86.5 Å². The summed E-state index contributed by atoms with van der Waals surface area (Å²) < 4.78 is 14.2. The number of rotatable bonds is 3. The van der Waals surface area contributed by atoms with Crippen LogP contribution in [0.25, 0.3) is 11.4 Å². The van der Waals surface area contributed by atoms with Crippen molar-refractivity contribution in [3.8, 4) is 11.4 Å². The monoisotopic (exact) mass is 369 g/mol. The zero-order valence-corrected chi connectivity index (χ0v) is 14.8. The zero-order valence-electron chi connectivity index (χ0n) is 14.0. The van der Waals surface area contributed by atoms with E-state index in [9.17, 15) is 9.18 Å². The third kappa shape index (κ3) is 3.28. The summed E-state index contributed by atoms with van der Waals surface area (Å²) in [5.74, 6) is 0.175. The molecule has 0 bridgehead atoms. The molecule has 4 nitrogen and oxygen atoms in total. The number of halogens is 2. The van der Waals surface area contributed by atoms with Crippen molar-refractivity contribution in [2.24, 2.45) is 0 Å². The first-order valence-electron chi connectivity index (χ1n) is 8.44. The molecule has 2 heterocycles. The summed E-state index contributed by atoms with van der Waals surface area (Å²) in [4.78, 5) is 22.0. The lowest BCUT2D eigenvalue weighted by Gasteiger charge is -2.28. The summed E-state index contributed by atoms with van der Waals surface area (Å²) in [6, 6.07) is 14.6. The van der Waals surface area contributed by atoms with Crippen LogP contribution >= 0.6 is 11.6 Å². The lowest BCUT2D eigenvalue weighted by Crippen LogP contribution is -2.35. The lowest BCUT2D eigenvalue weighted by molar-refractivity contribution is 0.237. The molecule has 1 N–H and O–H groups in total. The van der Waals surface area contributed by atoms with Gasteiger partial charge in [0.15, 0.2) is 0 Å². The Balaban J connectivity index is 1.63. The van der Waals surface area contributed by atoms with Crippen molar-refractivity contribution >= 4 is 11.6 Å². The van der Waals surface area contributed by atoms with Crippen molar-refractivity contribution in [1.82, 2.24) is 14.9 Å². The van der Waals surface area contributed by atoms with Gasteiger partial charge in [-0.15, -0.1) is 0 Å². The van der Waals surface area contributed by atoms with Gasteiger partial charge in [0.25, 0.3) is 5.56 Å². The molecular weight excluding hydrogens is 353 g/mol. The highest BCUT2D eigenvalue weighted by molar-refractivity contribution is 6.30. The fraction of sp³-hybridized carbons (Fsp3) is 0.200. The smallest absolute Gasteiger partial charge is 0.254 e. The number of hydrogen-bond acceptors (Lipinski definition) is 3. The lowest BCUT2D eigenvalue weighted by atomic mass is 10.0. The largest absolute Gasteiger partial charge is 0.306 e. The van der Waals surface area contributed by atoms with Crippen molar-refractivity contribution < 1.29 is 4.39 Å². The third-order valence-corrected chi connectivity index (χ3v) is 4.92. The second-order valence-corrected chi connectivity index (χ2v) is 6.79. The van der Waals surface area contributed by atoms with Crippen LogP contribution in [0.2, 0.25) is 5.02 Å². The second kappa shape index (κ2) is 7.02. The Morgan fingerprint density at radius 2 is 1.96 bits per heavy atom. The van der Waals surface area contributed by atoms with Gasteiger partial charge < -0.3 is 4.98 Å². The van der Waals surface area contributed by atoms with Crippen molar-refractivity contribution in [2.75, 3.05) is 6.54 Å². The van der Waals surface area contributed by atoms with Gasteiger partial charge >= 0.3 is 0 Å². The van der Waals surface area contributed by atoms with Gasteiger partial charge in [-0.2, -0.15) is 0 Å². The highest BCUT2D eigenvalue weighted by Gasteiger charge is 2.22. The average Bonchev–Trinajstić information content (AvgIpc) is 2.66. The van der Waals surface area contributed by atoms with E-state index in [1.165, 1.54) is 0 Å². The summed E-state index contributed by atoms with van der Waals surface area (Å²) in [5, 5.41) is 0.126. The van der Waals surface area contributed by atoms with Crippen LogP contribution in [0.4, 0.5) is 4.39 Å². The molecule has 1 aromatic heterocycles. The molecule has 0 fully saturated rings. The number of fused-ring (bicyclic) bond motifs is 1. The number of benzene rings is 2. The van der Waals surface area contributed by atoms with E-state index in [1.807, 2.05) is 30.3 Å². The molecule has 6 heteroatoms. The number of hydrogen-bond donors (Lipinski definition) is 1. The summed E-state index contributed by atoms with van der Waals surface area (Å²) in [7, 11) is 0. The Morgan fingerprint density at radius 1 is 1.15 bits per heavy atom. The molecule has 3 aromatic rings. The van der Waals surface area contributed by atoms with Crippen molar-refractivity contribution in [3.63, 3.8) is 0 Å². The van der Waals surface area contributed by atoms with Crippen LogP contribution in [0.3, 0.4) is 0 Å². The SMILES string of the molecule is O=c1[nH]c(-c2ccccc2)nc2c1CCN(Cc1cccc(Cl)c1F)C2. The topological polar surface area (TPSA) is 49.0 Å². The van der Waals surface area contributed by atoms with Crippen LogP contribution in [0.5, 0.6) is 0 Å². The van der Waals surface area contributed by atoms with Gasteiger partial charge in [-0.1, -0.05) is 54.1 Å². The standard InChI is InChI=1S/C20H17ClFN3O/c21-16-8-4-7-14(18(16)22)11-25-10-9-15-17(12-25)23-19(24-20(15)26)13-5-2-1-3-6-13/h1-8H,9-12H2,(H,23,24,26). The van der Waals surface area contributed by atoms with Crippen LogP contribution in [0, 0.1) is 5.82 Å². The maximum Gasteiger partial charge on any atom is 0.254 e. The predicted octanol–water partition coefficient (Wildman–Crippen LogP) is 3.79. The van der Waals surface area contributed by atoms with E-state index in [-0.39, 0.29) is 16.4 Å². The Bertz CT molecular complexity index is 1000. The highest BCUT2D eigenvalue weighted by atomic mass is 35.5. The minimum absolute atomic E-state index is 0.0950. The molecule has 0 aliphatic carbocycles. The first-order valence-corrected chi connectivity index (χ1v) is 8.82. The molecule has 0 radical (unpaired) electrons. The molecule has 1 aliphatic rings. The van der Waals surface area contributed by atoms with E-state index < -0.39 is 0 Å². The van der Waals surface area contributed by atoms with Crippen LogP contribution in [0.15, 0.2) is 53.3 Å². The number of aromatic nitrogens is 2. The summed E-state index contributed by atoms with van der Waals surface area (Å²) in [6.45, 7) is 1.61. The molecule has 0 amide bonds. The van der Waals surface area contributed by atoms with E-state index >= 15 is 0 Å². The van der Waals surface area contributed by atoms with Crippen LogP contribution in [-0.2, 0) is 19.5 Å². The molecule has 132 valence electrons. The molecule has 0 saturated carbocycles. The van der Waals surface area contributed by atoms with Crippen LogP contribution in [-0.4, -0.2) is 21.4 Å². The van der Waals surface area contributed by atoms with Gasteiger partial charge in [-0.05, 0) is 12.5 Å². The third-order valence-electron chi connectivity index (χ3n) is 4.63. The van der Waals surface area contributed by atoms with E-state index in [0.29, 0.717) is 43.0 Å².